The molecule has 0 radical (unpaired) electrons. The number of pyridine rings is 1. The fourth-order valence-corrected chi connectivity index (χ4v) is 3.72. The Morgan fingerprint density at radius 1 is 1.29 bits per heavy atom. The summed E-state index contributed by atoms with van der Waals surface area (Å²) in [6.45, 7) is 1.25. The average molecular weight is 483 g/mol. The van der Waals surface area contributed by atoms with E-state index in [2.05, 4.69) is 25.7 Å². The van der Waals surface area contributed by atoms with E-state index in [1.807, 2.05) is 31.4 Å². The van der Waals surface area contributed by atoms with E-state index in [1.165, 1.54) is 19.4 Å². The minimum Gasteiger partial charge on any atom is -0.494 e. The summed E-state index contributed by atoms with van der Waals surface area (Å²) in [6.07, 6.45) is 4.97. The monoisotopic (exact) mass is 482 g/mol. The van der Waals surface area contributed by atoms with Gasteiger partial charge in [0.05, 0.1) is 46.3 Å². The number of benzene rings is 1. The number of rotatable bonds is 9. The van der Waals surface area contributed by atoms with Crippen molar-refractivity contribution in [2.75, 3.05) is 44.5 Å². The molecule has 0 fully saturated rings. The van der Waals surface area contributed by atoms with Crippen molar-refractivity contribution < 1.29 is 9.66 Å². The maximum absolute atomic E-state index is 11.8. The number of likely N-dealkylation sites (N-methyl/N-ethyl adjacent to an activating group) is 2. The summed E-state index contributed by atoms with van der Waals surface area (Å²) in [7, 11) is 5.11. The number of nitrogens with zero attached hydrogens (tertiary/aromatic N) is 6. The van der Waals surface area contributed by atoms with Crippen LogP contribution in [0.3, 0.4) is 0 Å². The summed E-state index contributed by atoms with van der Waals surface area (Å²) in [5.74, 6) is 0.617. The van der Waals surface area contributed by atoms with Crippen LogP contribution in [0.5, 0.6) is 5.75 Å². The first-order valence-electron chi connectivity index (χ1n) is 10.4. The molecule has 0 saturated heterocycles. The van der Waals surface area contributed by atoms with Gasteiger partial charge in [-0.2, -0.15) is 5.10 Å². The maximum atomic E-state index is 11.8. The van der Waals surface area contributed by atoms with Gasteiger partial charge in [-0.3, -0.25) is 10.1 Å². The number of methoxy groups -OCH3 is 1. The van der Waals surface area contributed by atoms with Crippen LogP contribution in [-0.4, -0.2) is 58.8 Å². The number of aromatic nitrogens is 4. The second-order valence-electron chi connectivity index (χ2n) is 7.43. The van der Waals surface area contributed by atoms with Gasteiger partial charge in [0.15, 0.2) is 0 Å². The number of halogens is 1. The molecule has 0 aliphatic rings. The van der Waals surface area contributed by atoms with Crippen molar-refractivity contribution in [3.8, 4) is 17.0 Å². The molecule has 0 aliphatic heterocycles. The normalized spacial score (nSPS) is 10.9. The summed E-state index contributed by atoms with van der Waals surface area (Å²) < 4.78 is 7.23. The van der Waals surface area contributed by atoms with Crippen LogP contribution in [0.1, 0.15) is 0 Å². The Kier molecular flexibility index (Phi) is 6.75. The minimum absolute atomic E-state index is 0.0706. The van der Waals surface area contributed by atoms with Gasteiger partial charge in [0.2, 0.25) is 5.95 Å². The zero-order valence-electron chi connectivity index (χ0n) is 18.8. The number of nitrogens with one attached hydrogen (secondary N) is 2. The predicted octanol–water partition coefficient (Wildman–Crippen LogP) is 3.76. The molecular formula is C22H23ClN8O3. The Bertz CT molecular complexity index is 1340. The second-order valence-corrected chi connectivity index (χ2v) is 7.83. The van der Waals surface area contributed by atoms with Crippen LogP contribution in [0.4, 0.5) is 23.0 Å². The molecule has 11 nitrogen and oxygen atoms in total. The van der Waals surface area contributed by atoms with E-state index in [0.717, 1.165) is 11.1 Å². The summed E-state index contributed by atoms with van der Waals surface area (Å²) in [5.41, 5.74) is 2.77. The van der Waals surface area contributed by atoms with E-state index < -0.39 is 4.92 Å². The Morgan fingerprint density at radius 2 is 2.12 bits per heavy atom. The lowest BCUT2D eigenvalue weighted by atomic mass is 10.2. The zero-order valence-corrected chi connectivity index (χ0v) is 19.6. The standard InChI is InChI=1S/C22H23ClN8O3/c1-24-7-9-29(2)18-11-20(34-3)16(10-19(18)31(32)33)27-22-25-13-15(23)21(28-22)14-12-26-30-8-5-4-6-17(14)30/h4-6,8,10-13,24H,7,9H2,1-3H3,(H,25,27,28). The van der Waals surface area contributed by atoms with Crippen molar-refractivity contribution in [3.05, 3.63) is 64.1 Å². The first-order chi connectivity index (χ1) is 16.4. The third-order valence-electron chi connectivity index (χ3n) is 5.27. The molecule has 0 atom stereocenters. The van der Waals surface area contributed by atoms with Crippen molar-refractivity contribution in [1.29, 1.82) is 0 Å². The Morgan fingerprint density at radius 3 is 2.85 bits per heavy atom. The number of hydrogen-bond donors (Lipinski definition) is 2. The van der Waals surface area contributed by atoms with Crippen LogP contribution in [0.25, 0.3) is 16.8 Å². The van der Waals surface area contributed by atoms with Crippen LogP contribution in [0.15, 0.2) is 48.9 Å². The molecule has 176 valence electrons. The van der Waals surface area contributed by atoms with E-state index in [1.54, 1.807) is 28.7 Å². The van der Waals surface area contributed by atoms with Crippen molar-refractivity contribution in [2.24, 2.45) is 0 Å². The lowest BCUT2D eigenvalue weighted by molar-refractivity contribution is -0.384. The SMILES string of the molecule is CNCCN(C)c1cc(OC)c(Nc2ncc(Cl)c(-c3cnn4ccccc34)n2)cc1[N+](=O)[O-]. The van der Waals surface area contributed by atoms with Gasteiger partial charge in [-0.1, -0.05) is 17.7 Å². The van der Waals surface area contributed by atoms with Gasteiger partial charge in [0, 0.05) is 44.0 Å². The predicted molar refractivity (Wildman–Crippen MR) is 131 cm³/mol. The quantitative estimate of drug-likeness (QED) is 0.271. The van der Waals surface area contributed by atoms with Crippen LogP contribution in [0, 0.1) is 10.1 Å². The Labute approximate surface area is 200 Å². The minimum atomic E-state index is -0.428. The molecule has 12 heteroatoms. The molecule has 0 unspecified atom stereocenters. The highest BCUT2D eigenvalue weighted by Gasteiger charge is 2.22. The summed E-state index contributed by atoms with van der Waals surface area (Å²) in [6, 6.07) is 8.71. The molecule has 3 heterocycles. The molecule has 0 amide bonds. The molecule has 3 aromatic heterocycles. The maximum Gasteiger partial charge on any atom is 0.294 e. The van der Waals surface area contributed by atoms with Crippen LogP contribution in [-0.2, 0) is 0 Å². The highest BCUT2D eigenvalue weighted by molar-refractivity contribution is 6.33. The van der Waals surface area contributed by atoms with Gasteiger partial charge in [-0.05, 0) is 19.2 Å². The number of fused-ring (bicyclic) bond motifs is 1. The number of hydrogen-bond acceptors (Lipinski definition) is 9. The third-order valence-corrected chi connectivity index (χ3v) is 5.55. The molecule has 0 aliphatic carbocycles. The van der Waals surface area contributed by atoms with Crippen LogP contribution < -0.4 is 20.3 Å². The number of anilines is 3. The first kappa shape index (κ1) is 23.2. The summed E-state index contributed by atoms with van der Waals surface area (Å²) in [5, 5.41) is 22.6. The lowest BCUT2D eigenvalue weighted by Crippen LogP contribution is -2.27. The molecule has 34 heavy (non-hydrogen) atoms. The third kappa shape index (κ3) is 4.56. The Balaban J connectivity index is 1.73. The van der Waals surface area contributed by atoms with E-state index in [9.17, 15) is 10.1 Å². The van der Waals surface area contributed by atoms with Crippen molar-refractivity contribution >= 4 is 40.1 Å². The molecule has 0 saturated carbocycles. The van der Waals surface area contributed by atoms with E-state index >= 15 is 0 Å². The molecule has 1 aromatic carbocycles. The number of ether oxygens (including phenoxy) is 1. The van der Waals surface area contributed by atoms with Gasteiger partial charge < -0.3 is 20.3 Å². The molecule has 0 bridgehead atoms. The van der Waals surface area contributed by atoms with Crippen molar-refractivity contribution in [2.45, 2.75) is 0 Å². The van der Waals surface area contributed by atoms with Gasteiger partial charge in [0.1, 0.15) is 11.4 Å². The number of nitro benzene ring substituents is 1. The molecule has 2 N–H and O–H groups in total. The van der Waals surface area contributed by atoms with Crippen LogP contribution >= 0.6 is 11.6 Å². The largest absolute Gasteiger partial charge is 0.494 e. The van der Waals surface area contributed by atoms with Gasteiger partial charge in [-0.25, -0.2) is 14.5 Å². The van der Waals surface area contributed by atoms with Gasteiger partial charge >= 0.3 is 0 Å². The fraction of sp³-hybridized carbons (Fsp3) is 0.227. The average Bonchev–Trinajstić information content (AvgIpc) is 3.27. The van der Waals surface area contributed by atoms with Gasteiger partial charge in [-0.15, -0.1) is 0 Å². The van der Waals surface area contributed by atoms with Crippen molar-refractivity contribution in [3.63, 3.8) is 0 Å². The lowest BCUT2D eigenvalue weighted by Gasteiger charge is -2.21. The highest BCUT2D eigenvalue weighted by atomic mass is 35.5. The molecule has 4 aromatic rings. The van der Waals surface area contributed by atoms with E-state index in [4.69, 9.17) is 16.3 Å². The zero-order chi connectivity index (χ0) is 24.2. The number of nitro groups is 1. The molecular weight excluding hydrogens is 460 g/mol. The summed E-state index contributed by atoms with van der Waals surface area (Å²) in [4.78, 5) is 22.0. The Hall–Kier alpha value is -3.96. The fourth-order valence-electron chi connectivity index (χ4n) is 3.53. The van der Waals surface area contributed by atoms with Gasteiger partial charge in [0.25, 0.3) is 5.69 Å². The smallest absolute Gasteiger partial charge is 0.294 e. The second kappa shape index (κ2) is 9.89. The highest BCUT2D eigenvalue weighted by Crippen LogP contribution is 2.39. The van der Waals surface area contributed by atoms with E-state index in [-0.39, 0.29) is 11.6 Å². The summed E-state index contributed by atoms with van der Waals surface area (Å²) >= 11 is 6.40. The van der Waals surface area contributed by atoms with Crippen LogP contribution in [0.2, 0.25) is 5.02 Å². The van der Waals surface area contributed by atoms with Crippen molar-refractivity contribution in [1.82, 2.24) is 24.9 Å². The van der Waals surface area contributed by atoms with E-state index in [0.29, 0.717) is 40.9 Å². The topological polar surface area (TPSA) is 123 Å². The first-order valence-corrected chi connectivity index (χ1v) is 10.7. The molecule has 0 spiro atoms. The molecule has 4 rings (SSSR count).